The number of hydrogen-bond donors (Lipinski definition) is 2. The number of carbonyl (C=O) groups excluding carboxylic acids is 1. The highest BCUT2D eigenvalue weighted by molar-refractivity contribution is 5.92. The molecule has 0 saturated heterocycles. The van der Waals surface area contributed by atoms with E-state index in [9.17, 15) is 4.79 Å². The lowest BCUT2D eigenvalue weighted by atomic mass is 10.0. The molecule has 3 heteroatoms. The molecule has 2 aromatic rings. The Labute approximate surface area is 119 Å². The molecule has 0 unspecified atom stereocenters. The third-order valence-corrected chi connectivity index (χ3v) is 3.28. The van der Waals surface area contributed by atoms with Crippen molar-refractivity contribution in [1.82, 2.24) is 0 Å². The highest BCUT2D eigenvalue weighted by Gasteiger charge is 2.06. The molecule has 0 saturated carbocycles. The Hall–Kier alpha value is -2.29. The van der Waals surface area contributed by atoms with E-state index in [2.05, 4.69) is 31.3 Å². The van der Waals surface area contributed by atoms with E-state index in [1.165, 1.54) is 5.56 Å². The lowest BCUT2D eigenvalue weighted by Gasteiger charge is -2.14. The molecule has 104 valence electrons. The number of benzene rings is 2. The molecule has 0 aromatic heterocycles. The van der Waals surface area contributed by atoms with Gasteiger partial charge in [-0.3, -0.25) is 4.79 Å². The van der Waals surface area contributed by atoms with Crippen LogP contribution in [0.1, 0.15) is 41.3 Å². The third-order valence-electron chi connectivity index (χ3n) is 3.28. The lowest BCUT2D eigenvalue weighted by Crippen LogP contribution is -2.11. The van der Waals surface area contributed by atoms with Gasteiger partial charge in [0.1, 0.15) is 0 Å². The van der Waals surface area contributed by atoms with E-state index in [4.69, 9.17) is 5.73 Å². The molecule has 0 atom stereocenters. The predicted molar refractivity (Wildman–Crippen MR) is 82.8 cm³/mol. The Morgan fingerprint density at radius 1 is 1.15 bits per heavy atom. The van der Waals surface area contributed by atoms with Crippen LogP contribution in [0.4, 0.5) is 5.69 Å². The Balaban J connectivity index is 2.13. The first-order chi connectivity index (χ1) is 9.58. The van der Waals surface area contributed by atoms with Crippen molar-refractivity contribution in [3.63, 3.8) is 0 Å². The predicted octanol–water partition coefficient (Wildman–Crippen LogP) is 3.52. The van der Waals surface area contributed by atoms with Gasteiger partial charge >= 0.3 is 0 Å². The van der Waals surface area contributed by atoms with E-state index < -0.39 is 5.91 Å². The van der Waals surface area contributed by atoms with Gasteiger partial charge in [0.25, 0.3) is 0 Å². The first-order valence-corrected chi connectivity index (χ1v) is 6.79. The molecule has 0 spiro atoms. The second-order valence-corrected chi connectivity index (χ2v) is 5.16. The van der Waals surface area contributed by atoms with Crippen LogP contribution in [-0.4, -0.2) is 5.91 Å². The highest BCUT2D eigenvalue weighted by Crippen LogP contribution is 2.24. The fourth-order valence-electron chi connectivity index (χ4n) is 2.19. The summed E-state index contributed by atoms with van der Waals surface area (Å²) in [6.07, 6.45) is 0. The van der Waals surface area contributed by atoms with Gasteiger partial charge in [-0.05, 0) is 35.2 Å². The summed E-state index contributed by atoms with van der Waals surface area (Å²) in [5.74, 6) is 0.0742. The van der Waals surface area contributed by atoms with Crippen LogP contribution in [-0.2, 0) is 6.54 Å². The Morgan fingerprint density at radius 3 is 2.60 bits per heavy atom. The Kier molecular flexibility index (Phi) is 4.41. The smallest absolute Gasteiger partial charge is 0.248 e. The Bertz CT molecular complexity index is 605. The maximum absolute atomic E-state index is 11.2. The van der Waals surface area contributed by atoms with Crippen molar-refractivity contribution in [3.05, 3.63) is 65.2 Å². The normalized spacial score (nSPS) is 10.6. The molecule has 0 fully saturated rings. The van der Waals surface area contributed by atoms with Crippen molar-refractivity contribution in [1.29, 1.82) is 0 Å². The summed E-state index contributed by atoms with van der Waals surface area (Å²) in [6, 6.07) is 15.7. The van der Waals surface area contributed by atoms with Gasteiger partial charge in [-0.15, -0.1) is 0 Å². The minimum Gasteiger partial charge on any atom is -0.381 e. The summed E-state index contributed by atoms with van der Waals surface area (Å²) < 4.78 is 0. The van der Waals surface area contributed by atoms with Crippen molar-refractivity contribution in [3.8, 4) is 0 Å². The van der Waals surface area contributed by atoms with Crippen LogP contribution in [0.25, 0.3) is 0 Å². The van der Waals surface area contributed by atoms with Gasteiger partial charge in [-0.1, -0.05) is 44.2 Å². The summed E-state index contributed by atoms with van der Waals surface area (Å²) in [5, 5.41) is 3.42. The molecular formula is C17H20N2O. The number of rotatable bonds is 5. The summed E-state index contributed by atoms with van der Waals surface area (Å²) in [4.78, 5) is 11.2. The topological polar surface area (TPSA) is 55.1 Å². The van der Waals surface area contributed by atoms with E-state index in [1.807, 2.05) is 30.3 Å². The molecule has 0 radical (unpaired) electrons. The molecular weight excluding hydrogens is 248 g/mol. The maximum atomic E-state index is 11.2. The van der Waals surface area contributed by atoms with E-state index in [0.29, 0.717) is 18.0 Å². The van der Waals surface area contributed by atoms with Crippen LogP contribution in [0.2, 0.25) is 0 Å². The van der Waals surface area contributed by atoms with Crippen molar-refractivity contribution in [2.24, 2.45) is 5.73 Å². The molecule has 0 aliphatic heterocycles. The van der Waals surface area contributed by atoms with Crippen molar-refractivity contribution in [2.45, 2.75) is 26.3 Å². The van der Waals surface area contributed by atoms with Gasteiger partial charge < -0.3 is 11.1 Å². The molecule has 2 rings (SSSR count). The van der Waals surface area contributed by atoms with Gasteiger partial charge in [0.05, 0.1) is 0 Å². The van der Waals surface area contributed by atoms with Gasteiger partial charge in [-0.2, -0.15) is 0 Å². The quantitative estimate of drug-likeness (QED) is 0.871. The molecule has 20 heavy (non-hydrogen) atoms. The van der Waals surface area contributed by atoms with E-state index in [-0.39, 0.29) is 0 Å². The minimum absolute atomic E-state index is 0.394. The van der Waals surface area contributed by atoms with Gasteiger partial charge in [0, 0.05) is 17.8 Å². The number of primary amides is 1. The van der Waals surface area contributed by atoms with Crippen LogP contribution in [0.3, 0.4) is 0 Å². The highest BCUT2D eigenvalue weighted by atomic mass is 16.1. The molecule has 0 heterocycles. The number of amides is 1. The van der Waals surface area contributed by atoms with E-state index in [0.717, 1.165) is 11.3 Å². The zero-order valence-electron chi connectivity index (χ0n) is 11.9. The minimum atomic E-state index is -0.394. The second-order valence-electron chi connectivity index (χ2n) is 5.16. The molecule has 3 N–H and O–H groups in total. The largest absolute Gasteiger partial charge is 0.381 e. The number of nitrogens with one attached hydrogen (secondary N) is 1. The van der Waals surface area contributed by atoms with Crippen LogP contribution >= 0.6 is 0 Å². The van der Waals surface area contributed by atoms with Crippen LogP contribution in [0.5, 0.6) is 0 Å². The zero-order chi connectivity index (χ0) is 14.5. The molecule has 2 aromatic carbocycles. The molecule has 0 aliphatic carbocycles. The first-order valence-electron chi connectivity index (χ1n) is 6.79. The van der Waals surface area contributed by atoms with Gasteiger partial charge in [-0.25, -0.2) is 0 Å². The van der Waals surface area contributed by atoms with Crippen molar-refractivity contribution >= 4 is 11.6 Å². The van der Waals surface area contributed by atoms with Crippen LogP contribution in [0.15, 0.2) is 48.5 Å². The first kappa shape index (κ1) is 14.1. The summed E-state index contributed by atoms with van der Waals surface area (Å²) >= 11 is 0. The molecule has 3 nitrogen and oxygen atoms in total. The number of para-hydroxylation sites is 1. The molecule has 1 amide bonds. The van der Waals surface area contributed by atoms with Crippen LogP contribution in [0, 0.1) is 0 Å². The van der Waals surface area contributed by atoms with E-state index >= 15 is 0 Å². The van der Waals surface area contributed by atoms with Crippen molar-refractivity contribution in [2.75, 3.05) is 5.32 Å². The molecule has 0 bridgehead atoms. The van der Waals surface area contributed by atoms with Crippen LogP contribution < -0.4 is 11.1 Å². The number of nitrogens with two attached hydrogens (primary N) is 1. The van der Waals surface area contributed by atoms with Gasteiger partial charge in [0.2, 0.25) is 5.91 Å². The average molecular weight is 268 g/mol. The zero-order valence-corrected chi connectivity index (χ0v) is 11.9. The van der Waals surface area contributed by atoms with E-state index in [1.54, 1.807) is 6.07 Å². The third kappa shape index (κ3) is 3.38. The monoisotopic (exact) mass is 268 g/mol. The summed E-state index contributed by atoms with van der Waals surface area (Å²) in [7, 11) is 0. The second kappa shape index (κ2) is 6.24. The standard InChI is InChI=1S/C17H20N2O/c1-12(2)15-8-3-4-9-16(15)19-11-13-6-5-7-14(10-13)17(18)20/h3-10,12,19H,11H2,1-2H3,(H2,18,20). The number of anilines is 1. The average Bonchev–Trinajstić information content (AvgIpc) is 2.45. The molecule has 0 aliphatic rings. The van der Waals surface area contributed by atoms with Gasteiger partial charge in [0.15, 0.2) is 0 Å². The Morgan fingerprint density at radius 2 is 1.90 bits per heavy atom. The summed E-state index contributed by atoms with van der Waals surface area (Å²) in [6.45, 7) is 5.02. The fourth-order valence-corrected chi connectivity index (χ4v) is 2.19. The van der Waals surface area contributed by atoms with Crippen molar-refractivity contribution < 1.29 is 4.79 Å². The number of hydrogen-bond acceptors (Lipinski definition) is 2. The fraction of sp³-hybridized carbons (Fsp3) is 0.235. The maximum Gasteiger partial charge on any atom is 0.248 e. The SMILES string of the molecule is CC(C)c1ccccc1NCc1cccc(C(N)=O)c1. The lowest BCUT2D eigenvalue weighted by molar-refractivity contribution is 0.1000. The summed E-state index contributed by atoms with van der Waals surface area (Å²) in [5.41, 5.74) is 9.30. The number of carbonyl (C=O) groups is 1.